The smallest absolute Gasteiger partial charge is 0.407 e. The minimum absolute atomic E-state index is 0.115. The van der Waals surface area contributed by atoms with Crippen LogP contribution in [-0.2, 0) is 11.3 Å². The molecule has 9 heteroatoms. The molecule has 0 bridgehead atoms. The first-order valence-electron chi connectivity index (χ1n) is 13.8. The van der Waals surface area contributed by atoms with Crippen LogP contribution in [-0.4, -0.2) is 41.7 Å². The number of rotatable bonds is 8. The van der Waals surface area contributed by atoms with E-state index in [0.29, 0.717) is 42.7 Å². The number of nitrogens with one attached hydrogen (secondary N) is 3. The van der Waals surface area contributed by atoms with Gasteiger partial charge in [0, 0.05) is 30.6 Å². The molecule has 5 N–H and O–H groups in total. The second kappa shape index (κ2) is 12.8. The molecule has 40 heavy (non-hydrogen) atoms. The molecule has 3 aromatic rings. The van der Waals surface area contributed by atoms with Gasteiger partial charge >= 0.3 is 12.1 Å². The number of alkyl carbamates (subject to hydrolysis) is 1. The second-order valence-electron chi connectivity index (χ2n) is 11.5. The van der Waals surface area contributed by atoms with E-state index in [2.05, 4.69) is 16.0 Å². The van der Waals surface area contributed by atoms with Crippen LogP contribution in [0.1, 0.15) is 62.4 Å². The van der Waals surface area contributed by atoms with Crippen LogP contribution < -0.4 is 21.7 Å². The van der Waals surface area contributed by atoms with Crippen LogP contribution in [0.3, 0.4) is 0 Å². The predicted molar refractivity (Wildman–Crippen MR) is 156 cm³/mol. The lowest BCUT2D eigenvalue weighted by molar-refractivity contribution is 0.0512. The molecule has 1 saturated carbocycles. The third kappa shape index (κ3) is 8.18. The van der Waals surface area contributed by atoms with Gasteiger partial charge in [0.25, 0.3) is 5.91 Å². The van der Waals surface area contributed by atoms with Crippen molar-refractivity contribution in [1.29, 1.82) is 0 Å². The molecule has 9 nitrogen and oxygen atoms in total. The zero-order valence-corrected chi connectivity index (χ0v) is 23.5. The van der Waals surface area contributed by atoms with Crippen molar-refractivity contribution in [3.05, 3.63) is 65.7 Å². The quantitative estimate of drug-likeness (QED) is 0.311. The Morgan fingerprint density at radius 3 is 2.15 bits per heavy atom. The molecule has 0 atom stereocenters. The third-order valence-corrected chi connectivity index (χ3v) is 7.13. The summed E-state index contributed by atoms with van der Waals surface area (Å²) in [6, 6.07) is 16.6. The molecule has 0 aliphatic heterocycles. The molecule has 1 aliphatic carbocycles. The Hall–Kier alpha value is -4.14. The summed E-state index contributed by atoms with van der Waals surface area (Å²) in [4.78, 5) is 41.1. The lowest BCUT2D eigenvalue weighted by Crippen LogP contribution is -2.37. The third-order valence-electron chi connectivity index (χ3n) is 7.13. The number of hydrogen-bond donors (Lipinski definition) is 4. The Balaban J connectivity index is 1.36. The molecular weight excluding hydrogens is 506 g/mol. The number of ether oxygens (including phenoxy) is 1. The predicted octanol–water partition coefficient (Wildman–Crippen LogP) is 5.13. The number of carbonyl (C=O) groups excluding carboxylic acids is 3. The SMILES string of the molecule is CC(C)(C)OC(=O)NC[C@H]1CC[C@H](CNC(=O)c2cc(-c3ccc(CNC(N)=O)cc3)nc3ccccc23)CC1. The minimum Gasteiger partial charge on any atom is -0.444 e. The summed E-state index contributed by atoms with van der Waals surface area (Å²) >= 11 is 0. The number of hydrogen-bond acceptors (Lipinski definition) is 5. The fraction of sp³-hybridized carbons (Fsp3) is 0.419. The largest absolute Gasteiger partial charge is 0.444 e. The average molecular weight is 546 g/mol. The summed E-state index contributed by atoms with van der Waals surface area (Å²) in [5.74, 6) is 0.704. The molecule has 0 saturated heterocycles. The first-order chi connectivity index (χ1) is 19.1. The maximum Gasteiger partial charge on any atom is 0.407 e. The number of carbonyl (C=O) groups is 3. The van der Waals surface area contributed by atoms with Crippen LogP contribution in [0.25, 0.3) is 22.2 Å². The average Bonchev–Trinajstić information content (AvgIpc) is 2.93. The fourth-order valence-electron chi connectivity index (χ4n) is 5.01. The molecule has 0 spiro atoms. The van der Waals surface area contributed by atoms with Gasteiger partial charge in [0.1, 0.15) is 5.60 Å². The Morgan fingerprint density at radius 2 is 1.52 bits per heavy atom. The van der Waals surface area contributed by atoms with Gasteiger partial charge in [-0.25, -0.2) is 14.6 Å². The fourth-order valence-corrected chi connectivity index (χ4v) is 5.01. The first-order valence-corrected chi connectivity index (χ1v) is 13.8. The molecule has 212 valence electrons. The maximum atomic E-state index is 13.4. The van der Waals surface area contributed by atoms with Gasteiger partial charge in [-0.15, -0.1) is 0 Å². The monoisotopic (exact) mass is 545 g/mol. The Labute approximate surface area is 235 Å². The van der Waals surface area contributed by atoms with E-state index in [9.17, 15) is 14.4 Å². The summed E-state index contributed by atoms with van der Waals surface area (Å²) < 4.78 is 5.33. The van der Waals surface area contributed by atoms with Crippen molar-refractivity contribution in [2.24, 2.45) is 17.6 Å². The van der Waals surface area contributed by atoms with Crippen LogP contribution in [0.5, 0.6) is 0 Å². The summed E-state index contributed by atoms with van der Waals surface area (Å²) in [5, 5.41) is 9.43. The van der Waals surface area contributed by atoms with E-state index >= 15 is 0 Å². The summed E-state index contributed by atoms with van der Waals surface area (Å²) in [6.07, 6.45) is 3.63. The molecule has 2 aromatic carbocycles. The molecule has 0 unspecified atom stereocenters. The van der Waals surface area contributed by atoms with E-state index in [1.165, 1.54) is 0 Å². The van der Waals surface area contributed by atoms with E-state index in [1.54, 1.807) is 0 Å². The zero-order valence-electron chi connectivity index (χ0n) is 23.5. The van der Waals surface area contributed by atoms with Crippen molar-refractivity contribution in [2.45, 2.75) is 58.6 Å². The molecule has 0 radical (unpaired) electrons. The van der Waals surface area contributed by atoms with Crippen molar-refractivity contribution < 1.29 is 19.1 Å². The number of nitrogens with two attached hydrogens (primary N) is 1. The lowest BCUT2D eigenvalue weighted by Gasteiger charge is -2.29. The van der Waals surface area contributed by atoms with E-state index in [0.717, 1.165) is 47.7 Å². The van der Waals surface area contributed by atoms with Gasteiger partial charge in [-0.2, -0.15) is 0 Å². The number of pyridine rings is 1. The van der Waals surface area contributed by atoms with Crippen molar-refractivity contribution in [2.75, 3.05) is 13.1 Å². The van der Waals surface area contributed by atoms with Gasteiger partial charge in [-0.05, 0) is 76.0 Å². The van der Waals surface area contributed by atoms with Gasteiger partial charge in [-0.3, -0.25) is 4.79 Å². The van der Waals surface area contributed by atoms with Crippen LogP contribution in [0.15, 0.2) is 54.6 Å². The van der Waals surface area contributed by atoms with Crippen molar-refractivity contribution in [1.82, 2.24) is 20.9 Å². The van der Waals surface area contributed by atoms with Crippen LogP contribution in [0.2, 0.25) is 0 Å². The number of aromatic nitrogens is 1. The van der Waals surface area contributed by atoms with Gasteiger partial charge < -0.3 is 26.4 Å². The van der Waals surface area contributed by atoms with Crippen molar-refractivity contribution in [3.63, 3.8) is 0 Å². The van der Waals surface area contributed by atoms with Gasteiger partial charge in [0.15, 0.2) is 0 Å². The summed E-state index contributed by atoms with van der Waals surface area (Å²) in [6.45, 7) is 7.13. The number of amides is 4. The second-order valence-corrected chi connectivity index (χ2v) is 11.5. The normalized spacial score (nSPS) is 17.2. The van der Waals surface area contributed by atoms with Gasteiger partial charge in [-0.1, -0.05) is 42.5 Å². The lowest BCUT2D eigenvalue weighted by atomic mass is 9.82. The summed E-state index contributed by atoms with van der Waals surface area (Å²) in [7, 11) is 0. The maximum absolute atomic E-state index is 13.4. The molecule has 4 rings (SSSR count). The Kier molecular flexibility index (Phi) is 9.24. The van der Waals surface area contributed by atoms with Crippen LogP contribution in [0.4, 0.5) is 9.59 Å². The van der Waals surface area contributed by atoms with E-state index < -0.39 is 11.6 Å². The van der Waals surface area contributed by atoms with E-state index in [4.69, 9.17) is 15.5 Å². The molecule has 1 aliphatic rings. The van der Waals surface area contributed by atoms with Gasteiger partial charge in [0.2, 0.25) is 0 Å². The highest BCUT2D eigenvalue weighted by Gasteiger charge is 2.24. The van der Waals surface area contributed by atoms with Crippen LogP contribution >= 0.6 is 0 Å². The van der Waals surface area contributed by atoms with Crippen molar-refractivity contribution >= 4 is 28.9 Å². The molecular formula is C31H39N5O4. The molecule has 1 fully saturated rings. The molecule has 1 heterocycles. The number of nitrogens with zero attached hydrogens (tertiary/aromatic N) is 1. The van der Waals surface area contributed by atoms with Crippen LogP contribution in [0, 0.1) is 11.8 Å². The first kappa shape index (κ1) is 28.9. The number of benzene rings is 2. The highest BCUT2D eigenvalue weighted by molar-refractivity contribution is 6.07. The summed E-state index contributed by atoms with van der Waals surface area (Å²) in [5.41, 5.74) is 8.50. The number of urea groups is 1. The van der Waals surface area contributed by atoms with Gasteiger partial charge in [0.05, 0.1) is 16.8 Å². The van der Waals surface area contributed by atoms with Crippen molar-refractivity contribution in [3.8, 4) is 11.3 Å². The van der Waals surface area contributed by atoms with E-state index in [1.807, 2.05) is 75.4 Å². The topological polar surface area (TPSA) is 135 Å². The molecule has 1 aromatic heterocycles. The minimum atomic E-state index is -0.570. The zero-order chi connectivity index (χ0) is 28.7. The number of para-hydroxylation sites is 1. The van der Waals surface area contributed by atoms with E-state index in [-0.39, 0.29) is 12.0 Å². The Bertz CT molecular complexity index is 1340. The number of fused-ring (bicyclic) bond motifs is 1. The highest BCUT2D eigenvalue weighted by Crippen LogP contribution is 2.29. The standard InChI is InChI=1S/C31H39N5O4/c1-31(2,3)40-30(39)35-19-21-10-8-20(9-11-21)17-33-28(37)25-16-27(36-26-7-5-4-6-24(25)26)23-14-12-22(13-15-23)18-34-29(32)38/h4-7,12-16,20-21H,8-11,17-19H2,1-3H3,(H,33,37)(H,35,39)(H3,32,34,38)/t20-,21-. The Morgan fingerprint density at radius 1 is 0.900 bits per heavy atom. The highest BCUT2D eigenvalue weighted by atomic mass is 16.6. The number of primary amides is 1. The molecule has 4 amide bonds.